The zero-order valence-corrected chi connectivity index (χ0v) is 16.3. The molecule has 1 heterocycles. The lowest BCUT2D eigenvalue weighted by Crippen LogP contribution is -2.46. The van der Waals surface area contributed by atoms with E-state index in [1.807, 2.05) is 24.3 Å². The molecule has 2 amide bonds. The summed E-state index contributed by atoms with van der Waals surface area (Å²) in [5, 5.41) is 2.93. The van der Waals surface area contributed by atoms with E-state index in [-0.39, 0.29) is 35.3 Å². The third kappa shape index (κ3) is 3.49. The van der Waals surface area contributed by atoms with Gasteiger partial charge in [-0.3, -0.25) is 9.59 Å². The lowest BCUT2D eigenvalue weighted by Gasteiger charge is -2.28. The summed E-state index contributed by atoms with van der Waals surface area (Å²) >= 11 is 0. The molecule has 1 aromatic carbocycles. The van der Waals surface area contributed by atoms with Gasteiger partial charge >= 0.3 is 0 Å². The summed E-state index contributed by atoms with van der Waals surface area (Å²) in [5.41, 5.74) is 0.711. The highest BCUT2D eigenvalue weighted by Crippen LogP contribution is 2.48. The van der Waals surface area contributed by atoms with Crippen LogP contribution in [0, 0.1) is 5.41 Å². The Hall–Kier alpha value is -1.89. The maximum absolute atomic E-state index is 12.9. The van der Waals surface area contributed by atoms with Crippen LogP contribution in [-0.4, -0.2) is 49.7 Å². The van der Waals surface area contributed by atoms with Crippen LogP contribution in [-0.2, 0) is 19.4 Å². The molecule has 3 rings (SSSR count). The summed E-state index contributed by atoms with van der Waals surface area (Å²) in [4.78, 5) is 27.3. The van der Waals surface area contributed by atoms with Crippen molar-refractivity contribution in [3.63, 3.8) is 0 Å². The van der Waals surface area contributed by atoms with E-state index in [1.165, 1.54) is 4.90 Å². The van der Waals surface area contributed by atoms with Crippen LogP contribution in [0.2, 0.25) is 0 Å². The molecule has 26 heavy (non-hydrogen) atoms. The topological polar surface area (TPSA) is 83.6 Å². The molecular formula is C19H26N2O4S. The molecule has 1 saturated heterocycles. The van der Waals surface area contributed by atoms with E-state index in [4.69, 9.17) is 0 Å². The molecule has 0 radical (unpaired) electrons. The van der Waals surface area contributed by atoms with E-state index in [9.17, 15) is 18.0 Å². The van der Waals surface area contributed by atoms with Gasteiger partial charge < -0.3 is 10.2 Å². The van der Waals surface area contributed by atoms with E-state index >= 15 is 0 Å². The molecule has 6 nitrogen and oxygen atoms in total. The van der Waals surface area contributed by atoms with Crippen LogP contribution in [0.1, 0.15) is 44.6 Å². The van der Waals surface area contributed by atoms with Crippen molar-refractivity contribution in [1.29, 1.82) is 0 Å². The molecule has 7 heteroatoms. The summed E-state index contributed by atoms with van der Waals surface area (Å²) in [6.45, 7) is 4.11. The fourth-order valence-electron chi connectivity index (χ4n) is 3.60. The van der Waals surface area contributed by atoms with Crippen molar-refractivity contribution in [3.05, 3.63) is 29.8 Å². The van der Waals surface area contributed by atoms with Gasteiger partial charge in [0.2, 0.25) is 11.8 Å². The van der Waals surface area contributed by atoms with Crippen LogP contribution in [0.5, 0.6) is 0 Å². The minimum atomic E-state index is -3.08. The molecule has 142 valence electrons. The van der Waals surface area contributed by atoms with Crippen molar-refractivity contribution in [2.24, 2.45) is 5.41 Å². The van der Waals surface area contributed by atoms with Crippen molar-refractivity contribution in [2.75, 3.05) is 23.9 Å². The highest BCUT2D eigenvalue weighted by molar-refractivity contribution is 7.91. The van der Waals surface area contributed by atoms with Crippen LogP contribution in [0.15, 0.2) is 24.3 Å². The molecule has 2 aliphatic rings. The number of anilines is 1. The van der Waals surface area contributed by atoms with Gasteiger partial charge in [-0.25, -0.2) is 8.42 Å². The first kappa shape index (κ1) is 18.9. The zero-order valence-electron chi connectivity index (χ0n) is 15.5. The van der Waals surface area contributed by atoms with Gasteiger partial charge in [-0.15, -0.1) is 0 Å². The van der Waals surface area contributed by atoms with Gasteiger partial charge in [-0.05, 0) is 36.8 Å². The Bertz CT molecular complexity index is 828. The Balaban J connectivity index is 1.74. The third-order valence-corrected chi connectivity index (χ3v) is 7.25. The van der Waals surface area contributed by atoms with Crippen LogP contribution < -0.4 is 5.32 Å². The van der Waals surface area contributed by atoms with Gasteiger partial charge in [-0.1, -0.05) is 32.0 Å². The number of sulfone groups is 1. The fraction of sp³-hybridized carbons (Fsp3) is 0.579. The first-order chi connectivity index (χ1) is 12.2. The standard InChI is InChI=1S/C19H26N2O4S/c1-13(2)15-6-4-5-7-16(15)20-17(22)19(9-10-19)18(23)21(3)14-8-11-26(24,25)12-14/h4-7,13-14H,8-12H2,1-3H3,(H,20,22). The first-order valence-corrected chi connectivity index (χ1v) is 10.9. The van der Waals surface area contributed by atoms with Crippen molar-refractivity contribution >= 4 is 27.3 Å². The van der Waals surface area contributed by atoms with Gasteiger partial charge in [0.25, 0.3) is 0 Å². The summed E-state index contributed by atoms with van der Waals surface area (Å²) in [6.07, 6.45) is 1.45. The Morgan fingerprint density at radius 2 is 1.88 bits per heavy atom. The smallest absolute Gasteiger partial charge is 0.240 e. The lowest BCUT2D eigenvalue weighted by molar-refractivity contribution is -0.142. The maximum Gasteiger partial charge on any atom is 0.240 e. The average Bonchev–Trinajstić information content (AvgIpc) is 3.32. The van der Waals surface area contributed by atoms with Crippen molar-refractivity contribution in [3.8, 4) is 0 Å². The fourth-order valence-corrected chi connectivity index (χ4v) is 5.38. The normalized spacial score (nSPS) is 22.8. The Kier molecular flexibility index (Phi) is 4.86. The predicted octanol–water partition coefficient (Wildman–Crippen LogP) is 2.17. The molecule has 0 spiro atoms. The van der Waals surface area contributed by atoms with E-state index in [1.54, 1.807) is 7.05 Å². The van der Waals surface area contributed by atoms with E-state index in [2.05, 4.69) is 19.2 Å². The minimum Gasteiger partial charge on any atom is -0.341 e. The molecule has 1 N–H and O–H groups in total. The van der Waals surface area contributed by atoms with Crippen molar-refractivity contribution in [1.82, 2.24) is 4.90 Å². The van der Waals surface area contributed by atoms with Crippen molar-refractivity contribution in [2.45, 2.75) is 45.1 Å². The highest BCUT2D eigenvalue weighted by atomic mass is 32.2. The highest BCUT2D eigenvalue weighted by Gasteiger charge is 2.58. The number of rotatable bonds is 5. The second-order valence-electron chi connectivity index (χ2n) is 7.75. The molecule has 0 aromatic heterocycles. The summed E-state index contributed by atoms with van der Waals surface area (Å²) in [6, 6.07) is 7.27. The lowest BCUT2D eigenvalue weighted by atomic mass is 9.99. The van der Waals surface area contributed by atoms with E-state index in [0.717, 1.165) is 11.3 Å². The average molecular weight is 378 g/mol. The molecule has 1 unspecified atom stereocenters. The van der Waals surface area contributed by atoms with E-state index in [0.29, 0.717) is 19.3 Å². The molecule has 2 fully saturated rings. The number of carbonyl (C=O) groups is 2. The number of para-hydroxylation sites is 1. The summed E-state index contributed by atoms with van der Waals surface area (Å²) < 4.78 is 23.4. The minimum absolute atomic E-state index is 0.0108. The van der Waals surface area contributed by atoms with Gasteiger partial charge in [0, 0.05) is 18.8 Å². The second-order valence-corrected chi connectivity index (χ2v) is 9.98. The Morgan fingerprint density at radius 1 is 1.23 bits per heavy atom. The quantitative estimate of drug-likeness (QED) is 0.796. The van der Waals surface area contributed by atoms with Gasteiger partial charge in [0.15, 0.2) is 9.84 Å². The molecule has 1 saturated carbocycles. The van der Waals surface area contributed by atoms with Crippen LogP contribution >= 0.6 is 0 Å². The summed E-state index contributed by atoms with van der Waals surface area (Å²) in [5.74, 6) is -0.203. The number of amides is 2. The number of benzene rings is 1. The predicted molar refractivity (Wildman–Crippen MR) is 101 cm³/mol. The van der Waals surface area contributed by atoms with E-state index < -0.39 is 15.3 Å². The second kappa shape index (κ2) is 6.68. The van der Waals surface area contributed by atoms with Crippen LogP contribution in [0.25, 0.3) is 0 Å². The number of hydrogen-bond acceptors (Lipinski definition) is 4. The molecule has 1 aliphatic heterocycles. The largest absolute Gasteiger partial charge is 0.341 e. The molecular weight excluding hydrogens is 352 g/mol. The Morgan fingerprint density at radius 3 is 2.42 bits per heavy atom. The molecule has 1 aliphatic carbocycles. The number of hydrogen-bond donors (Lipinski definition) is 1. The monoisotopic (exact) mass is 378 g/mol. The van der Waals surface area contributed by atoms with Gasteiger partial charge in [0.1, 0.15) is 5.41 Å². The number of nitrogens with zero attached hydrogens (tertiary/aromatic N) is 1. The van der Waals surface area contributed by atoms with Crippen LogP contribution in [0.4, 0.5) is 5.69 Å². The Labute approximate surface area is 154 Å². The van der Waals surface area contributed by atoms with Crippen molar-refractivity contribution < 1.29 is 18.0 Å². The summed E-state index contributed by atoms with van der Waals surface area (Å²) in [7, 11) is -1.46. The molecule has 1 aromatic rings. The maximum atomic E-state index is 12.9. The van der Waals surface area contributed by atoms with Gasteiger partial charge in [0.05, 0.1) is 11.5 Å². The molecule has 0 bridgehead atoms. The first-order valence-electron chi connectivity index (χ1n) is 9.04. The zero-order chi connectivity index (χ0) is 19.1. The third-order valence-electron chi connectivity index (χ3n) is 5.50. The molecule has 1 atom stereocenters. The number of carbonyl (C=O) groups excluding carboxylic acids is 2. The SMILES string of the molecule is CC(C)c1ccccc1NC(=O)C1(C(=O)N(C)C2CCS(=O)(=O)C2)CC1. The van der Waals surface area contributed by atoms with Crippen LogP contribution in [0.3, 0.4) is 0 Å². The number of nitrogens with one attached hydrogen (secondary N) is 1. The van der Waals surface area contributed by atoms with Gasteiger partial charge in [-0.2, -0.15) is 0 Å².